The van der Waals surface area contributed by atoms with E-state index in [9.17, 15) is 9.90 Å². The fourth-order valence-electron chi connectivity index (χ4n) is 5.07. The fourth-order valence-corrected chi connectivity index (χ4v) is 5.07. The number of methoxy groups -OCH3 is 1. The summed E-state index contributed by atoms with van der Waals surface area (Å²) < 4.78 is 11.6. The van der Waals surface area contributed by atoms with Gasteiger partial charge in [0, 0.05) is 24.6 Å². The molecule has 1 spiro atoms. The molecule has 0 radical (unpaired) electrons. The van der Waals surface area contributed by atoms with Gasteiger partial charge in [0.1, 0.15) is 0 Å². The number of likely N-dealkylation sites (tertiary alicyclic amines) is 1. The lowest BCUT2D eigenvalue weighted by atomic mass is 9.58. The number of aryl methyl sites for hydroxylation is 1. The number of aliphatic hydroxyl groups is 1. The van der Waals surface area contributed by atoms with Gasteiger partial charge in [0.15, 0.2) is 23.4 Å². The predicted molar refractivity (Wildman–Crippen MR) is 85.1 cm³/mol. The molecule has 0 aromatic heterocycles. The highest BCUT2D eigenvalue weighted by Gasteiger charge is 2.72. The molecule has 1 unspecified atom stereocenters. The van der Waals surface area contributed by atoms with Crippen LogP contribution < -0.4 is 9.47 Å². The maximum atomic E-state index is 12.7. The summed E-state index contributed by atoms with van der Waals surface area (Å²) in [5.41, 5.74) is 0.320. The van der Waals surface area contributed by atoms with E-state index in [-0.39, 0.29) is 11.8 Å². The largest absolute Gasteiger partial charge is 0.493 e. The number of ether oxygens (including phenoxy) is 2. The molecule has 0 bridgehead atoms. The third-order valence-electron chi connectivity index (χ3n) is 6.35. The van der Waals surface area contributed by atoms with Gasteiger partial charge in [-0.1, -0.05) is 6.07 Å². The molecular weight excluding hydrogens is 294 g/mol. The number of nitrogens with zero attached hydrogens (tertiary/aromatic N) is 1. The maximum absolute atomic E-state index is 12.7. The quantitative estimate of drug-likeness (QED) is 0.849. The molecule has 0 amide bonds. The molecule has 124 valence electrons. The predicted octanol–water partition coefficient (Wildman–Crippen LogP) is 1.43. The third-order valence-corrected chi connectivity index (χ3v) is 6.35. The Hall–Kier alpha value is -1.59. The second kappa shape index (κ2) is 4.48. The van der Waals surface area contributed by atoms with Crippen LogP contribution in [0.4, 0.5) is 0 Å². The Labute approximate surface area is 136 Å². The van der Waals surface area contributed by atoms with E-state index in [0.717, 1.165) is 11.1 Å². The van der Waals surface area contributed by atoms with E-state index in [2.05, 4.69) is 4.90 Å². The molecule has 1 N–H and O–H groups in total. The normalized spacial score (nSPS) is 38.7. The number of hydrogen-bond donors (Lipinski definition) is 1. The number of hydrogen-bond acceptors (Lipinski definition) is 5. The number of carbonyl (C=O) groups excluding carboxylic acids is 1. The Morgan fingerprint density at radius 1 is 1.43 bits per heavy atom. The Bertz CT molecular complexity index is 703. The molecule has 23 heavy (non-hydrogen) atoms. The van der Waals surface area contributed by atoms with Crippen LogP contribution in [0.25, 0.3) is 0 Å². The zero-order valence-electron chi connectivity index (χ0n) is 14.0. The van der Waals surface area contributed by atoms with Gasteiger partial charge in [-0.2, -0.15) is 0 Å². The van der Waals surface area contributed by atoms with Crippen molar-refractivity contribution in [1.82, 2.24) is 4.90 Å². The van der Waals surface area contributed by atoms with E-state index in [1.54, 1.807) is 7.11 Å². The van der Waals surface area contributed by atoms with Crippen LogP contribution in [0.15, 0.2) is 12.1 Å². The van der Waals surface area contributed by atoms with Crippen molar-refractivity contribution in [2.24, 2.45) is 0 Å². The molecule has 1 aliphatic carbocycles. The first-order chi connectivity index (χ1) is 10.9. The number of rotatable bonds is 1. The van der Waals surface area contributed by atoms with E-state index in [4.69, 9.17) is 9.47 Å². The van der Waals surface area contributed by atoms with Gasteiger partial charge >= 0.3 is 0 Å². The highest BCUT2D eigenvalue weighted by Crippen LogP contribution is 2.61. The summed E-state index contributed by atoms with van der Waals surface area (Å²) in [5, 5.41) is 11.6. The molecule has 4 atom stereocenters. The van der Waals surface area contributed by atoms with Gasteiger partial charge in [-0.15, -0.1) is 0 Å². The van der Waals surface area contributed by atoms with Crippen LogP contribution in [-0.4, -0.2) is 54.2 Å². The monoisotopic (exact) mass is 317 g/mol. The molecule has 2 aliphatic heterocycles. The highest BCUT2D eigenvalue weighted by molar-refractivity contribution is 5.89. The minimum atomic E-state index is -0.970. The summed E-state index contributed by atoms with van der Waals surface area (Å²) in [5.74, 6) is 1.34. The van der Waals surface area contributed by atoms with Crippen LogP contribution in [0.3, 0.4) is 0 Å². The zero-order chi connectivity index (χ0) is 16.6. The fraction of sp³-hybridized carbons (Fsp3) is 0.611. The van der Waals surface area contributed by atoms with Gasteiger partial charge in [-0.3, -0.25) is 9.69 Å². The molecule has 5 heteroatoms. The molecular formula is C18H23NO4. The summed E-state index contributed by atoms with van der Waals surface area (Å²) in [6.07, 6.45) is 0.211. The van der Waals surface area contributed by atoms with Crippen molar-refractivity contribution >= 4 is 5.78 Å². The summed E-state index contributed by atoms with van der Waals surface area (Å²) in [6.45, 7) is 4.67. The topological polar surface area (TPSA) is 59.0 Å². The summed E-state index contributed by atoms with van der Waals surface area (Å²) in [6, 6.07) is 3.83. The summed E-state index contributed by atoms with van der Waals surface area (Å²) in [7, 11) is 3.61. The average Bonchev–Trinajstić information content (AvgIpc) is 2.97. The second-order valence-corrected chi connectivity index (χ2v) is 7.24. The molecule has 1 saturated carbocycles. The van der Waals surface area contributed by atoms with Gasteiger partial charge in [0.2, 0.25) is 0 Å². The van der Waals surface area contributed by atoms with Gasteiger partial charge in [-0.05, 0) is 38.9 Å². The van der Waals surface area contributed by atoms with Crippen LogP contribution in [0, 0.1) is 6.92 Å². The van der Waals surface area contributed by atoms with Crippen molar-refractivity contribution in [3.8, 4) is 11.5 Å². The highest BCUT2D eigenvalue weighted by atomic mass is 16.5. The smallest absolute Gasteiger partial charge is 0.174 e. The Kier molecular flexibility index (Phi) is 2.92. The number of ketones is 1. The Balaban J connectivity index is 2.04. The second-order valence-electron chi connectivity index (χ2n) is 7.24. The van der Waals surface area contributed by atoms with E-state index >= 15 is 0 Å². The van der Waals surface area contributed by atoms with Gasteiger partial charge < -0.3 is 14.6 Å². The SMILES string of the molecule is COc1ccc(C)c2c1O[C@H]1C(=O)CC[C@@]3(O)[C@@H](C)N(C)CC213. The molecule has 2 fully saturated rings. The van der Waals surface area contributed by atoms with Crippen molar-refractivity contribution in [2.75, 3.05) is 20.7 Å². The summed E-state index contributed by atoms with van der Waals surface area (Å²) >= 11 is 0. The molecule has 1 saturated heterocycles. The summed E-state index contributed by atoms with van der Waals surface area (Å²) in [4.78, 5) is 14.8. The zero-order valence-corrected chi connectivity index (χ0v) is 14.0. The lowest BCUT2D eigenvalue weighted by Crippen LogP contribution is -2.64. The van der Waals surface area contributed by atoms with Crippen molar-refractivity contribution < 1.29 is 19.4 Å². The van der Waals surface area contributed by atoms with E-state index in [0.29, 0.717) is 30.9 Å². The molecule has 1 aromatic rings. The van der Waals surface area contributed by atoms with Crippen LogP contribution >= 0.6 is 0 Å². The van der Waals surface area contributed by atoms with Gasteiger partial charge in [0.05, 0.1) is 18.1 Å². The standard InChI is InChI=1S/C18H23NO4/c1-10-5-6-13(22-4)15-14(10)17-9-19(3)11(2)18(17,21)8-7-12(20)16(17)23-15/h5-6,11,16,21H,7-9H2,1-4H3/t11-,16+,17?,18-/m1/s1. The number of likely N-dealkylation sites (N-methyl/N-ethyl adjacent to an activating group) is 1. The van der Waals surface area contributed by atoms with Crippen LogP contribution in [0.1, 0.15) is 30.9 Å². The van der Waals surface area contributed by atoms with Crippen molar-refractivity contribution in [3.05, 3.63) is 23.3 Å². The van der Waals surface area contributed by atoms with Crippen LogP contribution in [0.2, 0.25) is 0 Å². The molecule has 1 aromatic carbocycles. The molecule has 3 aliphatic rings. The first-order valence-electron chi connectivity index (χ1n) is 8.17. The molecule has 5 nitrogen and oxygen atoms in total. The van der Waals surface area contributed by atoms with E-state index in [1.807, 2.05) is 33.0 Å². The van der Waals surface area contributed by atoms with E-state index in [1.165, 1.54) is 0 Å². The maximum Gasteiger partial charge on any atom is 0.174 e. The number of benzene rings is 1. The Morgan fingerprint density at radius 2 is 2.17 bits per heavy atom. The number of Topliss-reactive ketones (excluding diaryl/α,β-unsaturated/α-hetero) is 1. The van der Waals surface area contributed by atoms with E-state index < -0.39 is 17.1 Å². The first-order valence-corrected chi connectivity index (χ1v) is 8.17. The average molecular weight is 317 g/mol. The van der Waals surface area contributed by atoms with Crippen molar-refractivity contribution in [1.29, 1.82) is 0 Å². The minimum Gasteiger partial charge on any atom is -0.493 e. The van der Waals surface area contributed by atoms with Crippen LogP contribution in [0.5, 0.6) is 11.5 Å². The van der Waals surface area contributed by atoms with Crippen molar-refractivity contribution in [2.45, 2.75) is 49.9 Å². The minimum absolute atomic E-state index is 0.0294. The van der Waals surface area contributed by atoms with Crippen molar-refractivity contribution in [3.63, 3.8) is 0 Å². The van der Waals surface area contributed by atoms with Gasteiger partial charge in [0.25, 0.3) is 0 Å². The van der Waals surface area contributed by atoms with Gasteiger partial charge in [-0.25, -0.2) is 0 Å². The number of carbonyl (C=O) groups is 1. The molecule has 4 rings (SSSR count). The van der Waals surface area contributed by atoms with Crippen LogP contribution in [-0.2, 0) is 10.2 Å². The first kappa shape index (κ1) is 15.0. The lowest BCUT2D eigenvalue weighted by molar-refractivity contribution is -0.145. The number of fused-ring (bicyclic) bond motifs is 1. The lowest BCUT2D eigenvalue weighted by Gasteiger charge is -2.46. The Morgan fingerprint density at radius 3 is 2.87 bits per heavy atom. The third kappa shape index (κ3) is 1.52. The molecule has 2 heterocycles.